The van der Waals surface area contributed by atoms with E-state index >= 15 is 0 Å². The minimum Gasteiger partial charge on any atom is -0.383 e. The van der Waals surface area contributed by atoms with Gasteiger partial charge >= 0.3 is 0 Å². The summed E-state index contributed by atoms with van der Waals surface area (Å²) in [4.78, 5) is 23.4. The van der Waals surface area contributed by atoms with Gasteiger partial charge in [0.05, 0.1) is 11.8 Å². The summed E-state index contributed by atoms with van der Waals surface area (Å²) >= 11 is 0. The van der Waals surface area contributed by atoms with Crippen molar-refractivity contribution >= 4 is 28.4 Å². The van der Waals surface area contributed by atoms with E-state index in [0.717, 1.165) is 45.5 Å². The molecule has 3 heterocycles. The zero-order valence-corrected chi connectivity index (χ0v) is 17.6. The number of hydrogen-bond acceptors (Lipinski definition) is 5. The standard InChI is InChI=1S/C24H24N6O/c1-15(2)30-24-21(23(25)26-14-27-24)22(28-30)18-8-9-19-17(13-18)10-11-29(19)20(31)12-16-6-4-3-5-7-16/h3-9,13-15H,10-12H2,1-2H3,(H2,25,26,27). The zero-order chi connectivity index (χ0) is 21.5. The van der Waals surface area contributed by atoms with E-state index in [2.05, 4.69) is 29.9 Å². The molecule has 0 fully saturated rings. The predicted molar refractivity (Wildman–Crippen MR) is 122 cm³/mol. The summed E-state index contributed by atoms with van der Waals surface area (Å²) in [6.45, 7) is 4.82. The number of nitrogen functional groups attached to an aromatic ring is 1. The van der Waals surface area contributed by atoms with E-state index in [1.807, 2.05) is 52.0 Å². The second kappa shape index (κ2) is 7.50. The van der Waals surface area contributed by atoms with Crippen molar-refractivity contribution in [1.82, 2.24) is 19.7 Å². The molecule has 7 heteroatoms. The van der Waals surface area contributed by atoms with Crippen molar-refractivity contribution < 1.29 is 4.79 Å². The van der Waals surface area contributed by atoms with Crippen LogP contribution in [0.25, 0.3) is 22.3 Å². The van der Waals surface area contributed by atoms with Crippen LogP contribution in [0.2, 0.25) is 0 Å². The maximum absolute atomic E-state index is 12.9. The lowest BCUT2D eigenvalue weighted by Gasteiger charge is -2.17. The fourth-order valence-corrected chi connectivity index (χ4v) is 4.23. The topological polar surface area (TPSA) is 89.9 Å². The molecule has 0 saturated heterocycles. The van der Waals surface area contributed by atoms with Gasteiger partial charge in [0.1, 0.15) is 17.8 Å². The summed E-state index contributed by atoms with van der Waals surface area (Å²) < 4.78 is 1.88. The molecule has 2 aromatic carbocycles. The fourth-order valence-electron chi connectivity index (χ4n) is 4.23. The van der Waals surface area contributed by atoms with Gasteiger partial charge in [-0.15, -0.1) is 0 Å². The third-order valence-corrected chi connectivity index (χ3v) is 5.75. The molecule has 0 aliphatic carbocycles. The van der Waals surface area contributed by atoms with Crippen molar-refractivity contribution in [3.05, 3.63) is 66.0 Å². The molecule has 2 aromatic heterocycles. The third-order valence-electron chi connectivity index (χ3n) is 5.75. The SMILES string of the molecule is CC(C)n1nc(-c2ccc3c(c2)CCN3C(=O)Cc2ccccc2)c2c(N)ncnc21. The molecule has 0 bridgehead atoms. The number of carbonyl (C=O) groups is 1. The minimum absolute atomic E-state index is 0.116. The number of aromatic nitrogens is 4. The molecule has 0 unspecified atom stereocenters. The number of nitrogens with zero attached hydrogens (tertiary/aromatic N) is 5. The Morgan fingerprint density at radius 2 is 1.94 bits per heavy atom. The Labute approximate surface area is 180 Å². The van der Waals surface area contributed by atoms with E-state index in [1.165, 1.54) is 6.33 Å². The Kier molecular flexibility index (Phi) is 4.66. The molecule has 0 saturated carbocycles. The van der Waals surface area contributed by atoms with Crippen molar-refractivity contribution in [3.63, 3.8) is 0 Å². The Balaban J connectivity index is 1.50. The number of carbonyl (C=O) groups excluding carboxylic acids is 1. The van der Waals surface area contributed by atoms with Crippen LogP contribution in [0.4, 0.5) is 11.5 Å². The highest BCUT2D eigenvalue weighted by Crippen LogP contribution is 2.36. The third kappa shape index (κ3) is 3.32. The van der Waals surface area contributed by atoms with Crippen molar-refractivity contribution in [2.75, 3.05) is 17.2 Å². The van der Waals surface area contributed by atoms with Crippen LogP contribution >= 0.6 is 0 Å². The van der Waals surface area contributed by atoms with E-state index in [-0.39, 0.29) is 11.9 Å². The average molecular weight is 412 g/mol. The van der Waals surface area contributed by atoms with Crippen LogP contribution in [0.15, 0.2) is 54.9 Å². The molecule has 156 valence electrons. The molecule has 0 radical (unpaired) electrons. The van der Waals surface area contributed by atoms with Crippen LogP contribution in [-0.2, 0) is 17.6 Å². The van der Waals surface area contributed by atoms with Gasteiger partial charge in [-0.05, 0) is 43.5 Å². The molecule has 4 aromatic rings. The van der Waals surface area contributed by atoms with E-state index in [9.17, 15) is 4.79 Å². The first kappa shape index (κ1) is 19.2. The summed E-state index contributed by atoms with van der Waals surface area (Å²) in [7, 11) is 0. The summed E-state index contributed by atoms with van der Waals surface area (Å²) in [5, 5.41) is 5.58. The van der Waals surface area contributed by atoms with Gasteiger partial charge in [-0.2, -0.15) is 5.10 Å². The molecular formula is C24H24N6O. The first-order chi connectivity index (χ1) is 15.0. The Hall–Kier alpha value is -3.74. The second-order valence-electron chi connectivity index (χ2n) is 8.15. The number of nitrogens with two attached hydrogens (primary N) is 1. The van der Waals surface area contributed by atoms with Crippen LogP contribution < -0.4 is 10.6 Å². The highest BCUT2D eigenvalue weighted by molar-refractivity contribution is 6.00. The molecule has 1 aliphatic heterocycles. The summed E-state index contributed by atoms with van der Waals surface area (Å²) in [6.07, 6.45) is 2.69. The van der Waals surface area contributed by atoms with Crippen LogP contribution in [-0.4, -0.2) is 32.2 Å². The van der Waals surface area contributed by atoms with Crippen LogP contribution in [0.1, 0.15) is 31.0 Å². The van der Waals surface area contributed by atoms with Crippen molar-refractivity contribution in [3.8, 4) is 11.3 Å². The first-order valence-corrected chi connectivity index (χ1v) is 10.5. The summed E-state index contributed by atoms with van der Waals surface area (Å²) in [6, 6.07) is 16.1. The molecular weight excluding hydrogens is 388 g/mol. The van der Waals surface area contributed by atoms with Crippen molar-refractivity contribution in [2.24, 2.45) is 0 Å². The zero-order valence-electron chi connectivity index (χ0n) is 17.6. The van der Waals surface area contributed by atoms with Crippen molar-refractivity contribution in [2.45, 2.75) is 32.7 Å². The maximum Gasteiger partial charge on any atom is 0.231 e. The van der Waals surface area contributed by atoms with Gasteiger partial charge in [-0.3, -0.25) is 4.79 Å². The van der Waals surface area contributed by atoms with Gasteiger partial charge in [0.2, 0.25) is 5.91 Å². The van der Waals surface area contributed by atoms with Gasteiger partial charge in [-0.25, -0.2) is 14.6 Å². The Morgan fingerprint density at radius 1 is 1.13 bits per heavy atom. The average Bonchev–Trinajstić information content (AvgIpc) is 3.36. The smallest absolute Gasteiger partial charge is 0.231 e. The molecule has 2 N–H and O–H groups in total. The first-order valence-electron chi connectivity index (χ1n) is 10.5. The minimum atomic E-state index is 0.116. The highest BCUT2D eigenvalue weighted by atomic mass is 16.2. The summed E-state index contributed by atoms with van der Waals surface area (Å²) in [5.74, 6) is 0.539. The molecule has 1 amide bonds. The van der Waals surface area contributed by atoms with Gasteiger partial charge in [0.15, 0.2) is 5.65 Å². The van der Waals surface area contributed by atoms with Crippen LogP contribution in [0.3, 0.4) is 0 Å². The molecule has 1 aliphatic rings. The molecule has 5 rings (SSSR count). The normalized spacial score (nSPS) is 13.2. The molecule has 7 nitrogen and oxygen atoms in total. The second-order valence-corrected chi connectivity index (χ2v) is 8.15. The number of hydrogen-bond donors (Lipinski definition) is 1. The van der Waals surface area contributed by atoms with E-state index in [0.29, 0.717) is 18.8 Å². The number of rotatable bonds is 4. The lowest BCUT2D eigenvalue weighted by atomic mass is 10.0. The van der Waals surface area contributed by atoms with Gasteiger partial charge in [0.25, 0.3) is 0 Å². The number of amides is 1. The van der Waals surface area contributed by atoms with Gasteiger partial charge < -0.3 is 10.6 Å². The maximum atomic E-state index is 12.9. The lowest BCUT2D eigenvalue weighted by molar-refractivity contribution is -0.117. The van der Waals surface area contributed by atoms with Crippen LogP contribution in [0.5, 0.6) is 0 Å². The van der Waals surface area contributed by atoms with Gasteiger partial charge in [-0.1, -0.05) is 36.4 Å². The Bertz CT molecular complexity index is 1280. The number of benzene rings is 2. The monoisotopic (exact) mass is 412 g/mol. The quantitative estimate of drug-likeness (QED) is 0.551. The fraction of sp³-hybridized carbons (Fsp3) is 0.250. The van der Waals surface area contributed by atoms with E-state index < -0.39 is 0 Å². The molecule has 31 heavy (non-hydrogen) atoms. The highest BCUT2D eigenvalue weighted by Gasteiger charge is 2.26. The molecule has 0 spiro atoms. The number of anilines is 2. The van der Waals surface area contributed by atoms with Gasteiger partial charge in [0, 0.05) is 23.8 Å². The summed E-state index contributed by atoms with van der Waals surface area (Å²) in [5.41, 5.74) is 11.8. The van der Waals surface area contributed by atoms with E-state index in [1.54, 1.807) is 0 Å². The number of fused-ring (bicyclic) bond motifs is 2. The van der Waals surface area contributed by atoms with Crippen LogP contribution in [0, 0.1) is 0 Å². The molecule has 0 atom stereocenters. The Morgan fingerprint density at radius 3 is 2.71 bits per heavy atom. The predicted octanol–water partition coefficient (Wildman–Crippen LogP) is 3.79. The van der Waals surface area contributed by atoms with Crippen molar-refractivity contribution in [1.29, 1.82) is 0 Å². The lowest BCUT2D eigenvalue weighted by Crippen LogP contribution is -2.30. The largest absolute Gasteiger partial charge is 0.383 e. The van der Waals surface area contributed by atoms with E-state index in [4.69, 9.17) is 10.8 Å².